The van der Waals surface area contributed by atoms with Crippen LogP contribution in [0, 0.1) is 0 Å². The van der Waals surface area contributed by atoms with Crippen LogP contribution in [-0.2, 0) is 10.4 Å². The van der Waals surface area contributed by atoms with Gasteiger partial charge in [-0.1, -0.05) is 72.9 Å². The number of benzene rings is 2. The van der Waals surface area contributed by atoms with E-state index < -0.39 is 5.60 Å². The molecule has 0 radical (unpaired) electrons. The second-order valence-corrected chi connectivity index (χ2v) is 4.86. The Kier molecular flexibility index (Phi) is 2.86. The number of hydrogen-bond acceptors (Lipinski definition) is 2. The average Bonchev–Trinajstić information content (AvgIpc) is 2.84. The average molecular weight is 255 g/mol. The highest BCUT2D eigenvalue weighted by Gasteiger charge is 2.41. The molecule has 3 rings (SSSR count). The Morgan fingerprint density at radius 3 is 1.78 bits per heavy atom. The maximum Gasteiger partial charge on any atom is 0.152 e. The van der Waals surface area contributed by atoms with Crippen molar-refractivity contribution in [1.29, 1.82) is 0 Å². The van der Waals surface area contributed by atoms with Crippen molar-refractivity contribution in [2.45, 2.75) is 12.0 Å². The smallest absolute Gasteiger partial charge is 0.152 e. The van der Waals surface area contributed by atoms with Crippen LogP contribution in [0.1, 0.15) is 17.5 Å². The van der Waals surface area contributed by atoms with Crippen LogP contribution in [0.5, 0.6) is 0 Å². The van der Waals surface area contributed by atoms with Crippen LogP contribution < -0.4 is 5.48 Å². The molecule has 0 spiro atoms. The van der Waals surface area contributed by atoms with E-state index in [1.807, 2.05) is 36.4 Å². The van der Waals surface area contributed by atoms with Crippen LogP contribution in [0.25, 0.3) is 0 Å². The fourth-order valence-electron chi connectivity index (χ4n) is 2.35. The van der Waals surface area contributed by atoms with E-state index in [2.05, 4.69) is 29.7 Å². The molecule has 90 valence electrons. The highest BCUT2D eigenvalue weighted by molar-refractivity contribution is 7.80. The Morgan fingerprint density at radius 2 is 1.39 bits per heavy atom. The van der Waals surface area contributed by atoms with Gasteiger partial charge in [-0.2, -0.15) is 0 Å². The minimum Gasteiger partial charge on any atom is -0.259 e. The lowest BCUT2D eigenvalue weighted by Gasteiger charge is -2.27. The molecule has 0 aromatic heterocycles. The molecule has 1 saturated heterocycles. The van der Waals surface area contributed by atoms with E-state index >= 15 is 0 Å². The second-order valence-electron chi connectivity index (χ2n) is 4.36. The zero-order valence-electron chi connectivity index (χ0n) is 9.80. The van der Waals surface area contributed by atoms with Crippen molar-refractivity contribution in [3.63, 3.8) is 0 Å². The highest BCUT2D eigenvalue weighted by Crippen LogP contribution is 2.39. The Bertz CT molecular complexity index is 514. The SMILES string of the molecule is S=C1CC(c2ccccc2)(c2ccccc2)ON1. The van der Waals surface area contributed by atoms with Crippen LogP contribution in [0.2, 0.25) is 0 Å². The minimum atomic E-state index is -0.500. The summed E-state index contributed by atoms with van der Waals surface area (Å²) in [4.78, 5) is 6.57. The predicted octanol–water partition coefficient (Wildman–Crippen LogP) is 3.18. The second kappa shape index (κ2) is 4.52. The maximum atomic E-state index is 5.83. The topological polar surface area (TPSA) is 21.3 Å². The van der Waals surface area contributed by atoms with Gasteiger partial charge in [0.25, 0.3) is 0 Å². The van der Waals surface area contributed by atoms with Gasteiger partial charge >= 0.3 is 0 Å². The lowest BCUT2D eigenvalue weighted by atomic mass is 9.84. The molecule has 18 heavy (non-hydrogen) atoms. The summed E-state index contributed by atoms with van der Waals surface area (Å²) in [5.41, 5.74) is 4.57. The largest absolute Gasteiger partial charge is 0.259 e. The first-order valence-electron chi connectivity index (χ1n) is 5.89. The van der Waals surface area contributed by atoms with Crippen molar-refractivity contribution >= 4 is 17.2 Å². The molecular formula is C15H13NOS. The Labute approximate surface area is 112 Å². The van der Waals surface area contributed by atoms with Crippen molar-refractivity contribution in [3.8, 4) is 0 Å². The van der Waals surface area contributed by atoms with Crippen molar-refractivity contribution in [2.24, 2.45) is 0 Å². The normalized spacial score (nSPS) is 17.4. The molecular weight excluding hydrogens is 242 g/mol. The summed E-state index contributed by atoms with van der Waals surface area (Å²) in [6.45, 7) is 0. The van der Waals surface area contributed by atoms with Crippen molar-refractivity contribution in [2.75, 3.05) is 0 Å². The summed E-state index contributed by atoms with van der Waals surface area (Å²) in [5, 5.41) is 0. The van der Waals surface area contributed by atoms with Gasteiger partial charge in [0, 0.05) is 6.42 Å². The van der Waals surface area contributed by atoms with Gasteiger partial charge in [-0.15, -0.1) is 0 Å². The molecule has 3 heteroatoms. The summed E-state index contributed by atoms with van der Waals surface area (Å²) in [6, 6.07) is 20.4. The van der Waals surface area contributed by atoms with Crippen molar-refractivity contribution in [1.82, 2.24) is 5.48 Å². The van der Waals surface area contributed by atoms with E-state index in [0.717, 1.165) is 16.1 Å². The molecule has 1 N–H and O–H groups in total. The zero-order valence-corrected chi connectivity index (χ0v) is 10.6. The first-order valence-corrected chi connectivity index (χ1v) is 6.30. The van der Waals surface area contributed by atoms with E-state index in [4.69, 9.17) is 17.1 Å². The van der Waals surface area contributed by atoms with E-state index in [1.165, 1.54) is 0 Å². The fourth-order valence-corrected chi connectivity index (χ4v) is 2.59. The van der Waals surface area contributed by atoms with Crippen LogP contribution >= 0.6 is 12.2 Å². The fraction of sp³-hybridized carbons (Fsp3) is 0.133. The summed E-state index contributed by atoms with van der Waals surface area (Å²) >= 11 is 5.23. The van der Waals surface area contributed by atoms with Gasteiger partial charge in [0.15, 0.2) is 5.60 Å². The molecule has 0 atom stereocenters. The van der Waals surface area contributed by atoms with Gasteiger partial charge in [-0.3, -0.25) is 10.3 Å². The van der Waals surface area contributed by atoms with Crippen LogP contribution in [0.4, 0.5) is 0 Å². The standard InChI is InChI=1S/C15H13NOS/c18-14-11-15(17-16-14,12-7-3-1-4-8-12)13-9-5-2-6-10-13/h1-10H,11H2,(H,16,18). The number of hydroxylamine groups is 1. The zero-order chi connectivity index (χ0) is 12.4. The lowest BCUT2D eigenvalue weighted by molar-refractivity contribution is -0.0214. The van der Waals surface area contributed by atoms with Gasteiger partial charge in [-0.25, -0.2) is 0 Å². The molecule has 1 heterocycles. The number of rotatable bonds is 2. The van der Waals surface area contributed by atoms with Gasteiger partial charge in [-0.05, 0) is 11.1 Å². The molecule has 1 fully saturated rings. The molecule has 0 unspecified atom stereocenters. The molecule has 0 amide bonds. The van der Waals surface area contributed by atoms with Gasteiger partial charge in [0.05, 0.1) is 0 Å². The third-order valence-corrected chi connectivity index (χ3v) is 3.46. The first-order chi connectivity index (χ1) is 8.81. The van der Waals surface area contributed by atoms with Crippen LogP contribution in [0.3, 0.4) is 0 Å². The molecule has 0 saturated carbocycles. The number of hydrogen-bond donors (Lipinski definition) is 1. The van der Waals surface area contributed by atoms with Gasteiger partial charge in [0.1, 0.15) is 4.99 Å². The Balaban J connectivity index is 2.14. The predicted molar refractivity (Wildman–Crippen MR) is 75.1 cm³/mol. The molecule has 2 aromatic carbocycles. The Hall–Kier alpha value is -1.71. The number of nitrogens with one attached hydrogen (secondary N) is 1. The minimum absolute atomic E-state index is 0.500. The van der Waals surface area contributed by atoms with E-state index in [-0.39, 0.29) is 0 Å². The summed E-state index contributed by atoms with van der Waals surface area (Å²) in [6.07, 6.45) is 0.677. The first kappa shape index (κ1) is 11.4. The molecule has 2 aromatic rings. The third-order valence-electron chi connectivity index (χ3n) is 3.23. The van der Waals surface area contributed by atoms with E-state index in [0.29, 0.717) is 6.42 Å². The molecule has 1 aliphatic rings. The van der Waals surface area contributed by atoms with E-state index in [9.17, 15) is 0 Å². The quantitative estimate of drug-likeness (QED) is 0.833. The van der Waals surface area contributed by atoms with Crippen molar-refractivity contribution < 1.29 is 4.84 Å². The highest BCUT2D eigenvalue weighted by atomic mass is 32.1. The molecule has 1 aliphatic heterocycles. The maximum absolute atomic E-state index is 5.83. The summed E-state index contributed by atoms with van der Waals surface area (Å²) in [7, 11) is 0. The van der Waals surface area contributed by atoms with Crippen molar-refractivity contribution in [3.05, 3.63) is 71.8 Å². The lowest BCUT2D eigenvalue weighted by Crippen LogP contribution is -2.27. The van der Waals surface area contributed by atoms with E-state index in [1.54, 1.807) is 0 Å². The van der Waals surface area contributed by atoms with Crippen LogP contribution in [0.15, 0.2) is 60.7 Å². The number of thiocarbonyl (C=S) groups is 1. The van der Waals surface area contributed by atoms with Gasteiger partial charge in [0.2, 0.25) is 0 Å². The summed E-state index contributed by atoms with van der Waals surface area (Å²) in [5.74, 6) is 0. The van der Waals surface area contributed by atoms with Crippen LogP contribution in [-0.4, -0.2) is 4.99 Å². The molecule has 0 bridgehead atoms. The van der Waals surface area contributed by atoms with Gasteiger partial charge < -0.3 is 0 Å². The Morgan fingerprint density at radius 1 is 0.889 bits per heavy atom. The third kappa shape index (κ3) is 1.82. The summed E-state index contributed by atoms with van der Waals surface area (Å²) < 4.78 is 0. The monoisotopic (exact) mass is 255 g/mol. The molecule has 2 nitrogen and oxygen atoms in total. The molecule has 0 aliphatic carbocycles.